The molecule has 20 heavy (non-hydrogen) atoms. The highest BCUT2D eigenvalue weighted by Gasteiger charge is 2.19. The van der Waals surface area contributed by atoms with Crippen LogP contribution in [0.1, 0.15) is 40.5 Å². The van der Waals surface area contributed by atoms with Crippen LogP contribution in [-0.4, -0.2) is 58.7 Å². The highest BCUT2D eigenvalue weighted by Crippen LogP contribution is 2.22. The van der Waals surface area contributed by atoms with Crippen LogP contribution in [0.3, 0.4) is 0 Å². The Hall–Kier alpha value is -0.260. The second-order valence-corrected chi connectivity index (χ2v) is 8.64. The van der Waals surface area contributed by atoms with Crippen molar-refractivity contribution in [3.63, 3.8) is 0 Å². The fourth-order valence-electron chi connectivity index (χ4n) is 2.17. The normalized spacial score (nSPS) is 19.9. The van der Waals surface area contributed by atoms with E-state index in [1.807, 2.05) is 0 Å². The SMILES string of the molecule is CC1CCN(CC(O)CNC(=O)CSC(C)(C)C)CC1. The van der Waals surface area contributed by atoms with E-state index in [1.54, 1.807) is 11.8 Å². The van der Waals surface area contributed by atoms with Crippen molar-refractivity contribution in [2.45, 2.75) is 51.4 Å². The van der Waals surface area contributed by atoms with Crippen LogP contribution in [0.5, 0.6) is 0 Å². The number of carbonyl (C=O) groups is 1. The Bertz CT molecular complexity index is 297. The Kier molecular flexibility index (Phi) is 7.34. The first-order valence-corrected chi connectivity index (χ1v) is 8.56. The number of β-amino-alcohol motifs (C(OH)–C–C–N with tert-alkyl or cyclic N) is 1. The Morgan fingerprint density at radius 1 is 1.40 bits per heavy atom. The number of hydrogen-bond donors (Lipinski definition) is 2. The first-order valence-electron chi connectivity index (χ1n) is 7.57. The first kappa shape index (κ1) is 17.8. The molecule has 0 saturated carbocycles. The van der Waals surface area contributed by atoms with E-state index in [0.717, 1.165) is 19.0 Å². The van der Waals surface area contributed by atoms with Gasteiger partial charge in [0, 0.05) is 17.8 Å². The Morgan fingerprint density at radius 3 is 2.55 bits per heavy atom. The summed E-state index contributed by atoms with van der Waals surface area (Å²) < 4.78 is 0.0977. The third-order valence-electron chi connectivity index (χ3n) is 3.52. The van der Waals surface area contributed by atoms with Crippen molar-refractivity contribution in [1.29, 1.82) is 0 Å². The highest BCUT2D eigenvalue weighted by molar-refractivity contribution is 8.01. The summed E-state index contributed by atoms with van der Waals surface area (Å²) in [6.07, 6.45) is 1.95. The van der Waals surface area contributed by atoms with Crippen LogP contribution in [0.4, 0.5) is 0 Å². The lowest BCUT2D eigenvalue weighted by atomic mass is 9.99. The van der Waals surface area contributed by atoms with Crippen LogP contribution in [0.15, 0.2) is 0 Å². The molecule has 0 aromatic heterocycles. The Labute approximate surface area is 127 Å². The summed E-state index contributed by atoms with van der Waals surface area (Å²) in [6.45, 7) is 11.7. The quantitative estimate of drug-likeness (QED) is 0.784. The number of piperidine rings is 1. The van der Waals surface area contributed by atoms with E-state index < -0.39 is 6.10 Å². The zero-order valence-corrected chi connectivity index (χ0v) is 14.1. The summed E-state index contributed by atoms with van der Waals surface area (Å²) >= 11 is 1.63. The number of hydrogen-bond acceptors (Lipinski definition) is 4. The number of nitrogens with one attached hydrogen (secondary N) is 1. The topological polar surface area (TPSA) is 52.6 Å². The summed E-state index contributed by atoms with van der Waals surface area (Å²) in [5.74, 6) is 1.27. The molecule has 1 saturated heterocycles. The lowest BCUT2D eigenvalue weighted by Crippen LogP contribution is -2.43. The van der Waals surface area contributed by atoms with E-state index in [4.69, 9.17) is 0 Å². The summed E-state index contributed by atoms with van der Waals surface area (Å²) in [5, 5.41) is 12.8. The molecule has 1 amide bonds. The van der Waals surface area contributed by atoms with Crippen LogP contribution in [-0.2, 0) is 4.79 Å². The minimum atomic E-state index is -0.466. The molecule has 1 heterocycles. The molecule has 0 aromatic rings. The van der Waals surface area contributed by atoms with Gasteiger partial charge in [0.1, 0.15) is 0 Å². The van der Waals surface area contributed by atoms with E-state index in [2.05, 4.69) is 37.9 Å². The molecule has 0 spiro atoms. The fraction of sp³-hybridized carbons (Fsp3) is 0.933. The lowest BCUT2D eigenvalue weighted by molar-refractivity contribution is -0.119. The largest absolute Gasteiger partial charge is 0.390 e. The molecule has 0 aromatic carbocycles. The number of thioether (sulfide) groups is 1. The summed E-state index contributed by atoms with van der Waals surface area (Å²) in [4.78, 5) is 14.0. The molecule has 2 N–H and O–H groups in total. The Morgan fingerprint density at radius 2 is 2.00 bits per heavy atom. The predicted molar refractivity (Wildman–Crippen MR) is 86.1 cm³/mol. The van der Waals surface area contributed by atoms with Crippen molar-refractivity contribution >= 4 is 17.7 Å². The number of nitrogens with zero attached hydrogens (tertiary/aromatic N) is 1. The number of amides is 1. The van der Waals surface area contributed by atoms with Crippen LogP contribution in [0.25, 0.3) is 0 Å². The molecule has 1 fully saturated rings. The molecule has 0 bridgehead atoms. The van der Waals surface area contributed by atoms with Gasteiger partial charge in [-0.25, -0.2) is 0 Å². The first-order chi connectivity index (χ1) is 9.26. The summed E-state index contributed by atoms with van der Waals surface area (Å²) in [7, 11) is 0. The maximum absolute atomic E-state index is 11.7. The molecule has 1 unspecified atom stereocenters. The van der Waals surface area contributed by atoms with Gasteiger partial charge in [0.05, 0.1) is 11.9 Å². The third kappa shape index (κ3) is 8.12. The predicted octanol–water partition coefficient (Wildman–Crippen LogP) is 1.73. The van der Waals surface area contributed by atoms with E-state index in [-0.39, 0.29) is 10.7 Å². The minimum absolute atomic E-state index is 0.0104. The monoisotopic (exact) mass is 302 g/mol. The smallest absolute Gasteiger partial charge is 0.230 e. The van der Waals surface area contributed by atoms with E-state index in [9.17, 15) is 9.90 Å². The average molecular weight is 302 g/mol. The van der Waals surface area contributed by atoms with Gasteiger partial charge in [-0.15, -0.1) is 11.8 Å². The molecule has 4 nitrogen and oxygen atoms in total. The summed E-state index contributed by atoms with van der Waals surface area (Å²) in [5.41, 5.74) is 0. The van der Waals surface area contributed by atoms with Crippen molar-refractivity contribution in [2.24, 2.45) is 5.92 Å². The second kappa shape index (κ2) is 8.25. The van der Waals surface area contributed by atoms with Gasteiger partial charge < -0.3 is 15.3 Å². The molecular formula is C15H30N2O2S. The molecule has 1 aliphatic rings. The molecule has 5 heteroatoms. The number of likely N-dealkylation sites (tertiary alicyclic amines) is 1. The number of aliphatic hydroxyl groups is 1. The van der Waals surface area contributed by atoms with Crippen molar-refractivity contribution in [2.75, 3.05) is 31.9 Å². The van der Waals surface area contributed by atoms with Crippen LogP contribution in [0, 0.1) is 5.92 Å². The molecule has 0 radical (unpaired) electrons. The number of aliphatic hydroxyl groups excluding tert-OH is 1. The third-order valence-corrected chi connectivity index (χ3v) is 4.79. The zero-order chi connectivity index (χ0) is 15.2. The molecule has 1 aliphatic heterocycles. The van der Waals surface area contributed by atoms with Gasteiger partial charge >= 0.3 is 0 Å². The lowest BCUT2D eigenvalue weighted by Gasteiger charge is -2.31. The maximum atomic E-state index is 11.7. The van der Waals surface area contributed by atoms with Crippen molar-refractivity contribution in [3.05, 3.63) is 0 Å². The average Bonchev–Trinajstić information content (AvgIpc) is 2.36. The van der Waals surface area contributed by atoms with E-state index in [0.29, 0.717) is 18.8 Å². The highest BCUT2D eigenvalue weighted by atomic mass is 32.2. The van der Waals surface area contributed by atoms with Gasteiger partial charge in [-0.2, -0.15) is 0 Å². The van der Waals surface area contributed by atoms with Gasteiger partial charge in [-0.3, -0.25) is 4.79 Å². The van der Waals surface area contributed by atoms with Crippen LogP contribution >= 0.6 is 11.8 Å². The zero-order valence-electron chi connectivity index (χ0n) is 13.3. The van der Waals surface area contributed by atoms with Crippen molar-refractivity contribution in [3.8, 4) is 0 Å². The van der Waals surface area contributed by atoms with Crippen molar-refractivity contribution < 1.29 is 9.90 Å². The molecule has 0 aliphatic carbocycles. The molecule has 1 rings (SSSR count). The van der Waals surface area contributed by atoms with Gasteiger partial charge in [-0.05, 0) is 31.8 Å². The van der Waals surface area contributed by atoms with E-state index >= 15 is 0 Å². The summed E-state index contributed by atoms with van der Waals surface area (Å²) in [6, 6.07) is 0. The number of rotatable bonds is 6. The van der Waals surface area contributed by atoms with Gasteiger partial charge in [-0.1, -0.05) is 27.7 Å². The molecule has 1 atom stereocenters. The fourth-order valence-corrected chi connectivity index (χ4v) is 2.84. The minimum Gasteiger partial charge on any atom is -0.390 e. The van der Waals surface area contributed by atoms with Gasteiger partial charge in [0.15, 0.2) is 0 Å². The number of carbonyl (C=O) groups excluding carboxylic acids is 1. The van der Waals surface area contributed by atoms with Crippen LogP contribution < -0.4 is 5.32 Å². The van der Waals surface area contributed by atoms with Crippen molar-refractivity contribution in [1.82, 2.24) is 10.2 Å². The Balaban J connectivity index is 2.13. The maximum Gasteiger partial charge on any atom is 0.230 e. The van der Waals surface area contributed by atoms with Gasteiger partial charge in [0.2, 0.25) is 5.91 Å². The second-order valence-electron chi connectivity index (χ2n) is 6.84. The van der Waals surface area contributed by atoms with Crippen LogP contribution in [0.2, 0.25) is 0 Å². The van der Waals surface area contributed by atoms with Gasteiger partial charge in [0.25, 0.3) is 0 Å². The molecular weight excluding hydrogens is 272 g/mol. The van der Waals surface area contributed by atoms with E-state index in [1.165, 1.54) is 12.8 Å². The standard InChI is InChI=1S/C15H30N2O2S/c1-12-5-7-17(8-6-12)10-13(18)9-16-14(19)11-20-15(2,3)4/h12-13,18H,5-11H2,1-4H3,(H,16,19). The molecule has 118 valence electrons.